The number of nitriles is 3. The lowest BCUT2D eigenvalue weighted by molar-refractivity contribution is 0.619. The van der Waals surface area contributed by atoms with Gasteiger partial charge in [-0.15, -0.1) is 0 Å². The topological polar surface area (TPSA) is 84.3 Å². The van der Waals surface area contributed by atoms with E-state index in [0.717, 1.165) is 95.8 Å². The van der Waals surface area contributed by atoms with Crippen LogP contribution in [0.3, 0.4) is 0 Å². The molecule has 388 valence electrons. The summed E-state index contributed by atoms with van der Waals surface area (Å²) in [6.45, 7) is 0. The smallest absolute Gasteiger partial charge is 0.147 e. The monoisotopic (exact) mass is 1120 g/mol. The number of hydrogen-bond acceptors (Lipinski definition) is 10. The molecule has 1 aliphatic carbocycles. The van der Waals surface area contributed by atoms with Crippen LogP contribution in [0.25, 0.3) is 32.3 Å². The van der Waals surface area contributed by atoms with Crippen LogP contribution in [-0.4, -0.2) is 6.04 Å². The number of hydrogen-bond donors (Lipinski definition) is 0. The molecular formula is C69H38F3N7S3. The molecule has 15 rings (SSSR count). The molecule has 0 spiro atoms. The molecule has 1 atom stereocenters. The molecule has 11 aromatic carbocycles. The normalized spacial score (nSPS) is 14.2. The van der Waals surface area contributed by atoms with Gasteiger partial charge in [0.1, 0.15) is 17.5 Å². The minimum Gasteiger partial charge on any atom is -0.332 e. The summed E-state index contributed by atoms with van der Waals surface area (Å²) in [6, 6.07) is 66.5. The van der Waals surface area contributed by atoms with Gasteiger partial charge in [0.05, 0.1) is 69.5 Å². The van der Waals surface area contributed by atoms with Gasteiger partial charge >= 0.3 is 0 Å². The van der Waals surface area contributed by atoms with Crippen LogP contribution in [0.15, 0.2) is 247 Å². The molecule has 0 aromatic heterocycles. The van der Waals surface area contributed by atoms with E-state index < -0.39 is 11.6 Å². The van der Waals surface area contributed by atoms with Crippen molar-refractivity contribution in [3.05, 3.63) is 247 Å². The average Bonchev–Trinajstić information content (AvgIpc) is 1.16. The van der Waals surface area contributed by atoms with Gasteiger partial charge in [0.15, 0.2) is 0 Å². The van der Waals surface area contributed by atoms with Gasteiger partial charge < -0.3 is 19.6 Å². The standard InChI is InChI=1S/C69H38F3N7S3/c70-55-7-1-4-10-58(55)76(46-19-13-40(37-73)14-20-46)49-25-28-52-43(31-49)34-61-64-67(52)81-62-35-44-32-51(78(60-12-6-3-9-57(60)72)48-23-17-42(39-75)18-24-48)27-30-54(44)69-65(62)79(64)66-63(82-69)36-45-33-50(26-29-53(45)68(66)80-61)77(59-11-5-2-8-56(59)71)47-21-15-41(38-74)16-22-47/h1-23,25-36,48H,24H2. The summed E-state index contributed by atoms with van der Waals surface area (Å²) in [5.41, 5.74) is 9.63. The fraction of sp³-hybridized carbons (Fsp3) is 0.0290. The Morgan fingerprint density at radius 3 is 1.21 bits per heavy atom. The van der Waals surface area contributed by atoms with Gasteiger partial charge in [0.25, 0.3) is 0 Å². The Hall–Kier alpha value is -9.81. The third-order valence-corrected chi connectivity index (χ3v) is 18.9. The van der Waals surface area contributed by atoms with Gasteiger partial charge in [-0.05, 0) is 184 Å². The molecule has 0 N–H and O–H groups in total. The van der Waals surface area contributed by atoms with Crippen molar-refractivity contribution in [1.82, 2.24) is 0 Å². The predicted octanol–water partition coefficient (Wildman–Crippen LogP) is 20.0. The summed E-state index contributed by atoms with van der Waals surface area (Å²) in [5.74, 6) is -1.13. The molecule has 4 aliphatic rings. The van der Waals surface area contributed by atoms with Crippen LogP contribution < -0.4 is 19.6 Å². The van der Waals surface area contributed by atoms with E-state index >= 15 is 13.2 Å². The van der Waals surface area contributed by atoms with Gasteiger partial charge in [-0.1, -0.05) is 102 Å². The fourth-order valence-corrected chi connectivity index (χ4v) is 15.8. The molecular weight excluding hydrogens is 1080 g/mol. The Labute approximate surface area is 482 Å². The molecule has 0 saturated heterocycles. The first-order valence-corrected chi connectivity index (χ1v) is 28.8. The molecule has 7 nitrogen and oxygen atoms in total. The SMILES string of the molecule is N#CC1=CCC(N(c2ccc3c4c5c(cc3c2)Sc2c3c(cc6cc(N(c7ccc(C#N)cc7)c7ccccc7F)ccc26)Sc2c(c(cc6cc(N(c7ccc(C#N)cc7)c7ccccc7F)ccc26)S4)N35)c2ccccc2F)C=C1. The summed E-state index contributed by atoms with van der Waals surface area (Å²) < 4.78 is 48.1. The largest absolute Gasteiger partial charge is 0.332 e. The van der Waals surface area contributed by atoms with Crippen molar-refractivity contribution in [3.63, 3.8) is 0 Å². The molecule has 0 fully saturated rings. The second-order valence-electron chi connectivity index (χ2n) is 20.2. The van der Waals surface area contributed by atoms with E-state index in [1.54, 1.807) is 102 Å². The number of para-hydroxylation sites is 3. The lowest BCUT2D eigenvalue weighted by Crippen LogP contribution is -2.30. The van der Waals surface area contributed by atoms with Gasteiger partial charge in [-0.3, -0.25) is 0 Å². The predicted molar refractivity (Wildman–Crippen MR) is 325 cm³/mol. The van der Waals surface area contributed by atoms with Crippen LogP contribution in [0.5, 0.6) is 0 Å². The van der Waals surface area contributed by atoms with Crippen LogP contribution in [-0.2, 0) is 0 Å². The quantitative estimate of drug-likeness (QED) is 0.139. The number of nitrogens with zero attached hydrogens (tertiary/aromatic N) is 7. The van der Waals surface area contributed by atoms with Crippen LogP contribution in [0.1, 0.15) is 17.5 Å². The number of allylic oxidation sites excluding steroid dienone is 2. The summed E-state index contributed by atoms with van der Waals surface area (Å²) in [6.07, 6.45) is 6.19. The van der Waals surface area contributed by atoms with Crippen LogP contribution >= 0.6 is 35.3 Å². The van der Waals surface area contributed by atoms with E-state index in [1.807, 2.05) is 81.4 Å². The molecule has 3 aliphatic heterocycles. The highest BCUT2D eigenvalue weighted by atomic mass is 32.2. The Balaban J connectivity index is 0.950. The molecule has 3 heterocycles. The molecule has 0 radical (unpaired) electrons. The molecule has 0 saturated carbocycles. The van der Waals surface area contributed by atoms with Gasteiger partial charge in [0, 0.05) is 63.4 Å². The first-order valence-electron chi connectivity index (χ1n) is 26.3. The molecule has 82 heavy (non-hydrogen) atoms. The first kappa shape index (κ1) is 49.2. The summed E-state index contributed by atoms with van der Waals surface area (Å²) >= 11 is 5.18. The van der Waals surface area contributed by atoms with Crippen LogP contribution in [0.2, 0.25) is 0 Å². The van der Waals surface area contributed by atoms with Crippen LogP contribution in [0.4, 0.5) is 75.7 Å². The highest BCUT2D eigenvalue weighted by Gasteiger charge is 2.42. The van der Waals surface area contributed by atoms with Crippen molar-refractivity contribution in [1.29, 1.82) is 15.8 Å². The fourth-order valence-electron chi connectivity index (χ4n) is 11.8. The van der Waals surface area contributed by atoms with Crippen molar-refractivity contribution >= 4 is 130 Å². The molecule has 0 bridgehead atoms. The number of rotatable bonds is 9. The van der Waals surface area contributed by atoms with E-state index in [4.69, 9.17) is 0 Å². The lowest BCUT2D eigenvalue weighted by Gasteiger charge is -2.44. The van der Waals surface area contributed by atoms with Crippen molar-refractivity contribution in [2.24, 2.45) is 0 Å². The highest BCUT2D eigenvalue weighted by molar-refractivity contribution is 8.02. The molecule has 11 aromatic rings. The van der Waals surface area contributed by atoms with Crippen LogP contribution in [0, 0.1) is 51.4 Å². The Morgan fingerprint density at radius 2 is 0.817 bits per heavy atom. The number of halogens is 3. The number of benzene rings is 11. The second-order valence-corrected chi connectivity index (χ2v) is 23.3. The first-order chi connectivity index (χ1) is 40.2. The van der Waals surface area contributed by atoms with Crippen molar-refractivity contribution in [3.8, 4) is 18.2 Å². The third-order valence-electron chi connectivity index (χ3n) is 15.5. The summed E-state index contributed by atoms with van der Waals surface area (Å²) in [4.78, 5) is 14.6. The highest BCUT2D eigenvalue weighted by Crippen LogP contribution is 2.69. The zero-order chi connectivity index (χ0) is 55.3. The average molecular weight is 1120 g/mol. The maximum atomic E-state index is 16.1. The summed E-state index contributed by atoms with van der Waals surface area (Å²) in [7, 11) is 0. The Morgan fingerprint density at radius 1 is 0.427 bits per heavy atom. The number of fused-ring (bicyclic) bond motifs is 6. The third kappa shape index (κ3) is 7.90. The molecule has 0 amide bonds. The minimum absolute atomic E-state index is 0.264. The second kappa shape index (κ2) is 19.5. The van der Waals surface area contributed by atoms with E-state index in [0.29, 0.717) is 51.6 Å². The Kier molecular flexibility index (Phi) is 11.7. The minimum atomic E-state index is -0.391. The zero-order valence-corrected chi connectivity index (χ0v) is 45.4. The summed E-state index contributed by atoms with van der Waals surface area (Å²) in [5, 5.41) is 35.1. The van der Waals surface area contributed by atoms with E-state index in [1.165, 1.54) is 18.2 Å². The van der Waals surface area contributed by atoms with Crippen molar-refractivity contribution in [2.75, 3.05) is 19.6 Å². The van der Waals surface area contributed by atoms with E-state index in [-0.39, 0.29) is 11.9 Å². The van der Waals surface area contributed by atoms with Gasteiger partial charge in [-0.2, -0.15) is 15.8 Å². The van der Waals surface area contributed by atoms with Gasteiger partial charge in [-0.25, -0.2) is 13.2 Å². The van der Waals surface area contributed by atoms with Crippen molar-refractivity contribution < 1.29 is 13.2 Å². The van der Waals surface area contributed by atoms with E-state index in [2.05, 4.69) is 83.8 Å². The maximum absolute atomic E-state index is 16.1. The molecule has 1 unspecified atom stereocenters. The van der Waals surface area contributed by atoms with Crippen molar-refractivity contribution in [2.45, 2.75) is 41.8 Å². The van der Waals surface area contributed by atoms with E-state index in [9.17, 15) is 15.8 Å². The van der Waals surface area contributed by atoms with Gasteiger partial charge in [0.2, 0.25) is 0 Å². The number of anilines is 11. The zero-order valence-electron chi connectivity index (χ0n) is 43.0. The Bertz CT molecular complexity index is 4660. The lowest BCUT2D eigenvalue weighted by atomic mass is 9.99. The maximum Gasteiger partial charge on any atom is 0.147 e. The molecule has 13 heteroatoms.